The summed E-state index contributed by atoms with van der Waals surface area (Å²) in [4.78, 5) is 43.1. The highest BCUT2D eigenvalue weighted by Crippen LogP contribution is 2.31. The summed E-state index contributed by atoms with van der Waals surface area (Å²) in [6, 6.07) is 33.3. The quantitative estimate of drug-likeness (QED) is 0.420. The minimum Gasteiger partial charge on any atom is -0.325 e. The topological polar surface area (TPSA) is 69.7 Å². The molecule has 0 atom stereocenters. The lowest BCUT2D eigenvalue weighted by atomic mass is 10.1. The summed E-state index contributed by atoms with van der Waals surface area (Å²) in [6.07, 6.45) is 0. The Kier molecular flexibility index (Phi) is 6.58. The van der Waals surface area contributed by atoms with Gasteiger partial charge in [0.05, 0.1) is 17.8 Å². The van der Waals surface area contributed by atoms with E-state index in [0.717, 1.165) is 11.1 Å². The molecule has 0 aliphatic carbocycles. The van der Waals surface area contributed by atoms with Crippen LogP contribution in [0.3, 0.4) is 0 Å². The fourth-order valence-electron chi connectivity index (χ4n) is 4.31. The molecule has 4 aromatic rings. The van der Waals surface area contributed by atoms with Crippen LogP contribution in [0.1, 0.15) is 31.8 Å². The molecular formula is C30H25N3O3. The highest BCUT2D eigenvalue weighted by Gasteiger charge is 2.32. The van der Waals surface area contributed by atoms with Crippen LogP contribution in [0.4, 0.5) is 11.4 Å². The summed E-state index contributed by atoms with van der Waals surface area (Å²) in [7, 11) is 0. The van der Waals surface area contributed by atoms with Crippen LogP contribution in [0.25, 0.3) is 0 Å². The molecule has 0 radical (unpaired) electrons. The Morgan fingerprint density at radius 3 is 1.94 bits per heavy atom. The van der Waals surface area contributed by atoms with Crippen LogP contribution >= 0.6 is 0 Å². The van der Waals surface area contributed by atoms with Crippen LogP contribution < -0.4 is 10.2 Å². The van der Waals surface area contributed by atoms with E-state index in [1.54, 1.807) is 52.3 Å². The number of nitrogens with zero attached hydrogens (tertiary/aromatic N) is 2. The monoisotopic (exact) mass is 475 g/mol. The molecule has 0 fully saturated rings. The zero-order chi connectivity index (χ0) is 24.9. The number of carbonyl (C=O) groups excluding carboxylic acids is 3. The average molecular weight is 476 g/mol. The third-order valence-corrected chi connectivity index (χ3v) is 6.13. The number of anilines is 2. The second kappa shape index (κ2) is 10.3. The molecule has 0 bridgehead atoms. The molecule has 5 rings (SSSR count). The maximum Gasteiger partial charge on any atom is 0.256 e. The predicted octanol–water partition coefficient (Wildman–Crippen LogP) is 5.13. The minimum atomic E-state index is -0.269. The summed E-state index contributed by atoms with van der Waals surface area (Å²) < 4.78 is 0. The Hall–Kier alpha value is -4.71. The van der Waals surface area contributed by atoms with Gasteiger partial charge in [-0.25, -0.2) is 0 Å². The standard InChI is InChI=1S/C30H25N3O3/c34-28-21-32(19-22-10-4-1-5-11-22)30(36)26-18-25(31-29(35)24-14-8-3-9-15-24)16-17-27(26)33(28)20-23-12-6-2-7-13-23/h1-18H,19-21H2,(H,31,35). The largest absolute Gasteiger partial charge is 0.325 e. The van der Waals surface area contributed by atoms with Gasteiger partial charge in [0.25, 0.3) is 11.8 Å². The number of amides is 3. The Bertz CT molecular complexity index is 1390. The number of carbonyl (C=O) groups is 3. The molecule has 6 heteroatoms. The molecule has 3 amide bonds. The molecule has 0 saturated carbocycles. The fourth-order valence-corrected chi connectivity index (χ4v) is 4.31. The number of rotatable bonds is 6. The molecule has 0 unspecified atom stereocenters. The summed E-state index contributed by atoms with van der Waals surface area (Å²) >= 11 is 0. The van der Waals surface area contributed by atoms with E-state index in [4.69, 9.17) is 0 Å². The van der Waals surface area contributed by atoms with Crippen LogP contribution in [-0.4, -0.2) is 29.2 Å². The van der Waals surface area contributed by atoms with Crippen LogP contribution in [0.15, 0.2) is 109 Å². The van der Waals surface area contributed by atoms with Crippen molar-refractivity contribution in [3.05, 3.63) is 131 Å². The van der Waals surface area contributed by atoms with Crippen molar-refractivity contribution in [2.24, 2.45) is 0 Å². The minimum absolute atomic E-state index is 0.0407. The van der Waals surface area contributed by atoms with E-state index in [1.165, 1.54) is 0 Å². The predicted molar refractivity (Wildman–Crippen MR) is 140 cm³/mol. The first-order valence-electron chi connectivity index (χ1n) is 11.8. The molecule has 0 aromatic heterocycles. The fraction of sp³-hybridized carbons (Fsp3) is 0.100. The van der Waals surface area contributed by atoms with Crippen molar-refractivity contribution in [2.75, 3.05) is 16.8 Å². The number of hydrogen-bond donors (Lipinski definition) is 1. The first-order valence-corrected chi connectivity index (χ1v) is 11.8. The molecule has 178 valence electrons. The Labute approximate surface area is 209 Å². The number of nitrogens with one attached hydrogen (secondary N) is 1. The van der Waals surface area contributed by atoms with Gasteiger partial charge in [0.1, 0.15) is 6.54 Å². The third kappa shape index (κ3) is 5.03. The lowest BCUT2D eigenvalue weighted by Gasteiger charge is -2.23. The van der Waals surface area contributed by atoms with Gasteiger partial charge in [0.15, 0.2) is 0 Å². The normalized spacial score (nSPS) is 13.2. The lowest BCUT2D eigenvalue weighted by Crippen LogP contribution is -2.38. The van der Waals surface area contributed by atoms with Gasteiger partial charge in [0, 0.05) is 17.8 Å². The Morgan fingerprint density at radius 1 is 0.722 bits per heavy atom. The van der Waals surface area contributed by atoms with E-state index in [0.29, 0.717) is 35.6 Å². The van der Waals surface area contributed by atoms with Gasteiger partial charge >= 0.3 is 0 Å². The third-order valence-electron chi connectivity index (χ3n) is 6.13. The van der Waals surface area contributed by atoms with E-state index in [1.807, 2.05) is 66.7 Å². The van der Waals surface area contributed by atoms with Gasteiger partial charge in [0.2, 0.25) is 5.91 Å². The zero-order valence-electron chi connectivity index (χ0n) is 19.6. The second-order valence-electron chi connectivity index (χ2n) is 8.66. The molecule has 4 aromatic carbocycles. The van der Waals surface area contributed by atoms with Gasteiger partial charge in [-0.05, 0) is 41.5 Å². The van der Waals surface area contributed by atoms with Gasteiger partial charge < -0.3 is 15.1 Å². The first-order chi connectivity index (χ1) is 17.6. The van der Waals surface area contributed by atoms with Crippen LogP contribution in [0.5, 0.6) is 0 Å². The summed E-state index contributed by atoms with van der Waals surface area (Å²) in [5.41, 5.74) is 3.81. The van der Waals surface area contributed by atoms with Crippen molar-refractivity contribution in [3.63, 3.8) is 0 Å². The summed E-state index contributed by atoms with van der Waals surface area (Å²) in [5.74, 6) is -0.688. The van der Waals surface area contributed by atoms with Crippen molar-refractivity contribution in [1.29, 1.82) is 0 Å². The number of hydrogen-bond acceptors (Lipinski definition) is 3. The molecule has 0 spiro atoms. The van der Waals surface area contributed by atoms with E-state index >= 15 is 0 Å². The summed E-state index contributed by atoms with van der Waals surface area (Å²) in [6.45, 7) is 0.612. The van der Waals surface area contributed by atoms with Gasteiger partial charge in [-0.3, -0.25) is 14.4 Å². The van der Waals surface area contributed by atoms with E-state index < -0.39 is 0 Å². The van der Waals surface area contributed by atoms with Crippen LogP contribution in [0.2, 0.25) is 0 Å². The van der Waals surface area contributed by atoms with E-state index in [-0.39, 0.29) is 24.3 Å². The van der Waals surface area contributed by atoms with Gasteiger partial charge in [-0.15, -0.1) is 0 Å². The number of benzene rings is 4. The Morgan fingerprint density at radius 2 is 1.31 bits per heavy atom. The van der Waals surface area contributed by atoms with Crippen molar-refractivity contribution in [2.45, 2.75) is 13.1 Å². The molecule has 1 aliphatic heterocycles. The Balaban J connectivity index is 1.51. The van der Waals surface area contributed by atoms with Crippen LogP contribution in [-0.2, 0) is 17.9 Å². The van der Waals surface area contributed by atoms with E-state index in [2.05, 4.69) is 5.32 Å². The summed E-state index contributed by atoms with van der Waals surface area (Å²) in [5, 5.41) is 2.88. The van der Waals surface area contributed by atoms with Gasteiger partial charge in [-0.1, -0.05) is 78.9 Å². The maximum absolute atomic E-state index is 13.7. The van der Waals surface area contributed by atoms with Gasteiger partial charge in [-0.2, -0.15) is 0 Å². The molecule has 0 saturated heterocycles. The maximum atomic E-state index is 13.7. The molecule has 1 N–H and O–H groups in total. The van der Waals surface area contributed by atoms with Crippen molar-refractivity contribution in [1.82, 2.24) is 4.90 Å². The van der Waals surface area contributed by atoms with Crippen molar-refractivity contribution in [3.8, 4) is 0 Å². The first kappa shape index (κ1) is 23.1. The number of fused-ring (bicyclic) bond motifs is 1. The van der Waals surface area contributed by atoms with Crippen molar-refractivity contribution >= 4 is 29.1 Å². The van der Waals surface area contributed by atoms with Crippen LogP contribution in [0, 0.1) is 0 Å². The lowest BCUT2D eigenvalue weighted by molar-refractivity contribution is -0.119. The average Bonchev–Trinajstić information content (AvgIpc) is 3.01. The molecule has 36 heavy (non-hydrogen) atoms. The van der Waals surface area contributed by atoms with E-state index in [9.17, 15) is 14.4 Å². The molecule has 1 aliphatic rings. The van der Waals surface area contributed by atoms with Crippen molar-refractivity contribution < 1.29 is 14.4 Å². The smallest absolute Gasteiger partial charge is 0.256 e. The second-order valence-corrected chi connectivity index (χ2v) is 8.66. The highest BCUT2D eigenvalue weighted by atomic mass is 16.2. The highest BCUT2D eigenvalue weighted by molar-refractivity contribution is 6.11. The molecule has 1 heterocycles. The zero-order valence-corrected chi connectivity index (χ0v) is 19.6. The molecule has 6 nitrogen and oxygen atoms in total. The molecular weight excluding hydrogens is 450 g/mol. The SMILES string of the molecule is O=C(Nc1ccc2c(c1)C(=O)N(Cc1ccccc1)CC(=O)N2Cc1ccccc1)c1ccccc1.